The molecule has 2 atom stereocenters. The van der Waals surface area contributed by atoms with Crippen LogP contribution >= 0.6 is 0 Å². The summed E-state index contributed by atoms with van der Waals surface area (Å²) in [6.45, 7) is 9.88. The highest BCUT2D eigenvalue weighted by molar-refractivity contribution is 5.75. The van der Waals surface area contributed by atoms with Gasteiger partial charge in [-0.2, -0.15) is 0 Å². The molecule has 138 valence electrons. The van der Waals surface area contributed by atoms with E-state index in [1.54, 1.807) is 6.07 Å². The topological polar surface area (TPSA) is 80.3 Å². The summed E-state index contributed by atoms with van der Waals surface area (Å²) in [5, 5.41) is 0. The zero-order valence-corrected chi connectivity index (χ0v) is 15.2. The molecule has 0 fully saturated rings. The van der Waals surface area contributed by atoms with E-state index in [9.17, 15) is 9.59 Å². The Balaban J connectivity index is 2.04. The lowest BCUT2D eigenvalue weighted by atomic mass is 9.83. The smallest absolute Gasteiger partial charge is 0.427 e. The summed E-state index contributed by atoms with van der Waals surface area (Å²) >= 11 is 0. The molecule has 1 aromatic carbocycles. The highest BCUT2D eigenvalue weighted by atomic mass is 17.3. The van der Waals surface area contributed by atoms with Gasteiger partial charge in [-0.1, -0.05) is 39.8 Å². The summed E-state index contributed by atoms with van der Waals surface area (Å²) < 4.78 is 5.44. The van der Waals surface area contributed by atoms with Crippen molar-refractivity contribution in [3.63, 3.8) is 0 Å². The van der Waals surface area contributed by atoms with Crippen LogP contribution in [0.4, 0.5) is 0 Å². The molecule has 2 rings (SSSR count). The predicted octanol–water partition coefficient (Wildman–Crippen LogP) is 3.35. The van der Waals surface area contributed by atoms with Gasteiger partial charge in [-0.3, -0.25) is 0 Å². The van der Waals surface area contributed by atoms with Gasteiger partial charge in [-0.25, -0.2) is 19.4 Å². The van der Waals surface area contributed by atoms with E-state index in [0.29, 0.717) is 17.4 Å². The van der Waals surface area contributed by atoms with Gasteiger partial charge in [0.25, 0.3) is 0 Å². The van der Waals surface area contributed by atoms with Crippen molar-refractivity contribution in [1.29, 1.82) is 0 Å². The van der Waals surface area contributed by atoms with Crippen molar-refractivity contribution in [3.8, 4) is 11.5 Å². The first-order valence-electron chi connectivity index (χ1n) is 8.16. The Hall–Kier alpha value is -2.28. The third-order valence-electron chi connectivity index (χ3n) is 3.48. The number of carbonyl (C=O) groups is 2. The molecule has 7 heteroatoms. The van der Waals surface area contributed by atoms with Crippen LogP contribution in [-0.4, -0.2) is 18.2 Å². The molecule has 0 aromatic heterocycles. The number of ether oxygens (including phenoxy) is 1. The van der Waals surface area contributed by atoms with Gasteiger partial charge >= 0.3 is 18.2 Å². The lowest BCUT2D eigenvalue weighted by molar-refractivity contribution is -0.330. The molecule has 1 heterocycles. The average Bonchev–Trinajstić information content (AvgIpc) is 2.50. The molecule has 0 radical (unpaired) electrons. The molecule has 25 heavy (non-hydrogen) atoms. The monoisotopic (exact) mass is 352 g/mol. The maximum Gasteiger partial charge on any atom is 0.427 e. The number of carbonyl (C=O) groups excluding carboxylic acids is 2. The second-order valence-electron chi connectivity index (χ2n) is 7.43. The minimum atomic E-state index is -1.46. The Labute approximate surface area is 147 Å². The number of rotatable bonds is 4. The predicted molar refractivity (Wildman–Crippen MR) is 87.4 cm³/mol. The molecule has 0 spiro atoms. The summed E-state index contributed by atoms with van der Waals surface area (Å²) in [6, 6.07) is 5.42. The maximum absolute atomic E-state index is 11.7. The summed E-state index contributed by atoms with van der Waals surface area (Å²) in [5.41, 5.74) is 1.16. The molecule has 7 nitrogen and oxygen atoms in total. The normalized spacial score (nSPS) is 17.6. The number of fused-ring (bicyclic) bond motifs is 1. The van der Waals surface area contributed by atoms with Crippen molar-refractivity contribution in [2.24, 2.45) is 11.3 Å². The third kappa shape index (κ3) is 5.63. The van der Waals surface area contributed by atoms with E-state index in [-0.39, 0.29) is 5.41 Å². The summed E-state index contributed by atoms with van der Waals surface area (Å²) in [7, 11) is 0. The number of hydrogen-bond acceptors (Lipinski definition) is 7. The van der Waals surface area contributed by atoms with Crippen LogP contribution in [0.1, 0.15) is 46.6 Å². The van der Waals surface area contributed by atoms with Crippen molar-refractivity contribution < 1.29 is 33.9 Å². The Morgan fingerprint density at radius 3 is 2.60 bits per heavy atom. The molecule has 0 saturated carbocycles. The molecule has 0 saturated heterocycles. The molecular formula is C18H24O7. The van der Waals surface area contributed by atoms with Gasteiger partial charge in [0.05, 0.1) is 0 Å². The van der Waals surface area contributed by atoms with Crippen molar-refractivity contribution in [2.75, 3.05) is 0 Å². The molecule has 1 aromatic rings. The van der Waals surface area contributed by atoms with Gasteiger partial charge in [0.1, 0.15) is 0 Å². The van der Waals surface area contributed by atoms with Crippen molar-refractivity contribution in [1.82, 2.24) is 0 Å². The minimum Gasteiger partial charge on any atom is -0.447 e. The van der Waals surface area contributed by atoms with Gasteiger partial charge in [-0.05, 0) is 30.2 Å². The summed E-state index contributed by atoms with van der Waals surface area (Å²) in [5.74, 6) is -0.536. The van der Waals surface area contributed by atoms with E-state index in [2.05, 4.69) is 37.5 Å². The second kappa shape index (κ2) is 7.74. The van der Waals surface area contributed by atoms with E-state index >= 15 is 0 Å². The SMILES string of the molecule is CC(=O)OOC(=O)C1OOc2c(CC(C)CC(C)(C)C)cccc2O1. The third-order valence-corrected chi connectivity index (χ3v) is 3.48. The first-order valence-corrected chi connectivity index (χ1v) is 8.16. The van der Waals surface area contributed by atoms with Gasteiger partial charge in [0.2, 0.25) is 5.75 Å². The van der Waals surface area contributed by atoms with Crippen LogP contribution < -0.4 is 9.62 Å². The second-order valence-corrected chi connectivity index (χ2v) is 7.43. The minimum absolute atomic E-state index is 0.230. The number of para-hydroxylation sites is 1. The fourth-order valence-corrected chi connectivity index (χ4v) is 2.86. The first-order chi connectivity index (χ1) is 11.7. The van der Waals surface area contributed by atoms with Crippen LogP contribution in [-0.2, 0) is 30.7 Å². The van der Waals surface area contributed by atoms with E-state index < -0.39 is 18.2 Å². The molecule has 1 aliphatic heterocycles. The Morgan fingerprint density at radius 1 is 1.24 bits per heavy atom. The molecule has 0 amide bonds. The van der Waals surface area contributed by atoms with Gasteiger partial charge in [-0.15, -0.1) is 4.89 Å². The van der Waals surface area contributed by atoms with Crippen LogP contribution in [0.3, 0.4) is 0 Å². The maximum atomic E-state index is 11.7. The highest BCUT2D eigenvalue weighted by Gasteiger charge is 2.34. The highest BCUT2D eigenvalue weighted by Crippen LogP contribution is 2.38. The molecule has 1 aliphatic rings. The Morgan fingerprint density at radius 2 is 1.96 bits per heavy atom. The zero-order chi connectivity index (χ0) is 18.6. The quantitative estimate of drug-likeness (QED) is 0.607. The van der Waals surface area contributed by atoms with Crippen LogP contribution in [0.5, 0.6) is 11.5 Å². The molecule has 0 aliphatic carbocycles. The van der Waals surface area contributed by atoms with Crippen molar-refractivity contribution in [3.05, 3.63) is 23.8 Å². The molecule has 2 unspecified atom stereocenters. The van der Waals surface area contributed by atoms with E-state index in [0.717, 1.165) is 25.3 Å². The Bertz CT molecular complexity index is 633. The number of benzene rings is 1. The Kier molecular flexibility index (Phi) is 5.89. The lowest BCUT2D eigenvalue weighted by Gasteiger charge is -2.26. The number of hydrogen-bond donors (Lipinski definition) is 0. The summed E-state index contributed by atoms with van der Waals surface area (Å²) in [4.78, 5) is 41.0. The zero-order valence-electron chi connectivity index (χ0n) is 15.2. The van der Waals surface area contributed by atoms with Crippen LogP contribution in [0.25, 0.3) is 0 Å². The molecular weight excluding hydrogens is 328 g/mol. The van der Waals surface area contributed by atoms with Crippen LogP contribution in [0.2, 0.25) is 0 Å². The lowest BCUT2D eigenvalue weighted by Crippen LogP contribution is -2.36. The van der Waals surface area contributed by atoms with Crippen LogP contribution in [0, 0.1) is 11.3 Å². The average molecular weight is 352 g/mol. The first kappa shape index (κ1) is 19.1. The van der Waals surface area contributed by atoms with Gasteiger partial charge < -0.3 is 9.62 Å². The van der Waals surface area contributed by atoms with E-state index in [1.807, 2.05) is 12.1 Å². The van der Waals surface area contributed by atoms with E-state index in [1.165, 1.54) is 0 Å². The fourth-order valence-electron chi connectivity index (χ4n) is 2.86. The van der Waals surface area contributed by atoms with Crippen molar-refractivity contribution >= 4 is 11.9 Å². The van der Waals surface area contributed by atoms with Gasteiger partial charge in [0.15, 0.2) is 5.75 Å². The standard InChI is InChI=1S/C18H24O7/c1-11(10-18(3,4)5)9-13-7-6-8-14-15(13)23-25-17(21-14)16(20)24-22-12(2)19/h6-8,11,17H,9-10H2,1-5H3. The fraction of sp³-hybridized carbons (Fsp3) is 0.556. The molecule has 0 bridgehead atoms. The van der Waals surface area contributed by atoms with E-state index in [4.69, 9.17) is 14.5 Å². The largest absolute Gasteiger partial charge is 0.447 e. The molecule has 0 N–H and O–H groups in total. The van der Waals surface area contributed by atoms with Crippen molar-refractivity contribution in [2.45, 2.75) is 53.8 Å². The van der Waals surface area contributed by atoms with Gasteiger partial charge in [0, 0.05) is 12.5 Å². The summed E-state index contributed by atoms with van der Waals surface area (Å²) in [6.07, 6.45) is 0.375. The van der Waals surface area contributed by atoms with Crippen LogP contribution in [0.15, 0.2) is 18.2 Å².